The number of hydrogen-bond acceptors (Lipinski definition) is 2. The first-order valence-electron chi connectivity index (χ1n) is 4.83. The van der Waals surface area contributed by atoms with Gasteiger partial charge in [0.25, 0.3) is 0 Å². The van der Waals surface area contributed by atoms with E-state index in [1.54, 1.807) is 12.1 Å². The fraction of sp³-hybridized carbons (Fsp3) is 0.400. The highest BCUT2D eigenvalue weighted by Crippen LogP contribution is 2.28. The number of benzene rings is 1. The second kappa shape index (κ2) is 5.62. The molecule has 0 radical (unpaired) electrons. The molecule has 0 amide bonds. The number of nitrogens with one attached hydrogen (secondary N) is 1. The molecule has 0 unspecified atom stereocenters. The first kappa shape index (κ1) is 14.2. The van der Waals surface area contributed by atoms with Crippen LogP contribution in [-0.2, 0) is 10.0 Å². The van der Waals surface area contributed by atoms with E-state index in [2.05, 4.69) is 36.6 Å². The van der Waals surface area contributed by atoms with Gasteiger partial charge in [-0.25, -0.2) is 13.1 Å². The number of sulfonamides is 1. The summed E-state index contributed by atoms with van der Waals surface area (Å²) < 4.78 is 27.8. The van der Waals surface area contributed by atoms with Crippen LogP contribution in [-0.4, -0.2) is 15.0 Å². The Kier molecular flexibility index (Phi) is 4.97. The highest BCUT2D eigenvalue weighted by molar-refractivity contribution is 9.11. The maximum absolute atomic E-state index is 11.9. The molecule has 1 aromatic rings. The second-order valence-corrected chi connectivity index (χ2v) is 6.87. The van der Waals surface area contributed by atoms with Crippen molar-refractivity contribution in [2.24, 2.45) is 0 Å². The smallest absolute Gasteiger partial charge is 0.211 e. The molecule has 1 N–H and O–H groups in total. The summed E-state index contributed by atoms with van der Waals surface area (Å²) in [5, 5.41) is 0. The Bertz CT molecular complexity index is 486. The average Bonchev–Trinajstić information content (AvgIpc) is 2.20. The molecule has 0 aliphatic carbocycles. The van der Waals surface area contributed by atoms with Crippen LogP contribution in [0.2, 0.25) is 0 Å². The predicted molar refractivity (Wildman–Crippen MR) is 72.1 cm³/mol. The quantitative estimate of drug-likeness (QED) is 0.884. The van der Waals surface area contributed by atoms with Crippen LogP contribution in [0.15, 0.2) is 26.0 Å². The fourth-order valence-electron chi connectivity index (χ4n) is 1.15. The van der Waals surface area contributed by atoms with Crippen molar-refractivity contribution in [2.45, 2.75) is 25.2 Å². The van der Waals surface area contributed by atoms with Gasteiger partial charge < -0.3 is 0 Å². The molecule has 0 atom stereocenters. The molecule has 0 saturated heterocycles. The zero-order valence-electron chi connectivity index (χ0n) is 9.05. The van der Waals surface area contributed by atoms with Gasteiger partial charge in [0, 0.05) is 15.5 Å². The fourth-order valence-corrected chi connectivity index (χ4v) is 4.06. The highest BCUT2D eigenvalue weighted by atomic mass is 79.9. The number of rotatable bonds is 4. The summed E-state index contributed by atoms with van der Waals surface area (Å²) >= 11 is 6.61. The minimum Gasteiger partial charge on any atom is -0.211 e. The summed E-state index contributed by atoms with van der Waals surface area (Å²) in [6, 6.07) is 3.39. The van der Waals surface area contributed by atoms with E-state index in [0.717, 1.165) is 16.5 Å². The van der Waals surface area contributed by atoms with E-state index in [-0.39, 0.29) is 4.90 Å². The number of halogens is 2. The standard InChI is InChI=1S/C10H13Br2NO2S/c1-3-4-13-16(14,15)10-5-7(2)8(11)6-9(10)12/h5-6,13H,3-4H2,1-2H3. The van der Waals surface area contributed by atoms with Crippen molar-refractivity contribution in [1.29, 1.82) is 0 Å². The molecule has 3 nitrogen and oxygen atoms in total. The van der Waals surface area contributed by atoms with Gasteiger partial charge in [-0.2, -0.15) is 0 Å². The summed E-state index contributed by atoms with van der Waals surface area (Å²) in [7, 11) is -3.41. The molecular formula is C10H13Br2NO2S. The molecule has 0 aliphatic rings. The molecular weight excluding hydrogens is 358 g/mol. The van der Waals surface area contributed by atoms with Crippen molar-refractivity contribution >= 4 is 41.9 Å². The molecule has 1 rings (SSSR count). The van der Waals surface area contributed by atoms with Crippen LogP contribution in [0.5, 0.6) is 0 Å². The van der Waals surface area contributed by atoms with Crippen molar-refractivity contribution in [2.75, 3.05) is 6.54 Å². The normalized spacial score (nSPS) is 11.8. The summed E-state index contributed by atoms with van der Waals surface area (Å²) in [5.41, 5.74) is 0.889. The monoisotopic (exact) mass is 369 g/mol. The molecule has 1 aromatic carbocycles. The third-order valence-corrected chi connectivity index (χ3v) is 5.32. The Balaban J connectivity index is 3.18. The zero-order chi connectivity index (χ0) is 12.3. The van der Waals surface area contributed by atoms with Gasteiger partial charge >= 0.3 is 0 Å². The number of aryl methyl sites for hydroxylation is 1. The number of hydrogen-bond donors (Lipinski definition) is 1. The Morgan fingerprint density at radius 1 is 1.25 bits per heavy atom. The van der Waals surface area contributed by atoms with Gasteiger partial charge in [0.05, 0.1) is 4.90 Å². The first-order valence-corrected chi connectivity index (χ1v) is 7.90. The zero-order valence-corrected chi connectivity index (χ0v) is 13.0. The lowest BCUT2D eigenvalue weighted by Crippen LogP contribution is -2.24. The SMILES string of the molecule is CCCNS(=O)(=O)c1cc(C)c(Br)cc1Br. The van der Waals surface area contributed by atoms with Crippen LogP contribution in [0, 0.1) is 6.92 Å². The Morgan fingerprint density at radius 3 is 2.44 bits per heavy atom. The van der Waals surface area contributed by atoms with Crippen LogP contribution >= 0.6 is 31.9 Å². The van der Waals surface area contributed by atoms with Crippen molar-refractivity contribution in [3.8, 4) is 0 Å². The van der Waals surface area contributed by atoms with E-state index in [1.807, 2.05) is 13.8 Å². The van der Waals surface area contributed by atoms with E-state index >= 15 is 0 Å². The van der Waals surface area contributed by atoms with Crippen LogP contribution in [0.4, 0.5) is 0 Å². The minimum atomic E-state index is -3.41. The lowest BCUT2D eigenvalue weighted by Gasteiger charge is -2.09. The third-order valence-electron chi connectivity index (χ3n) is 2.04. The first-order chi connectivity index (χ1) is 7.38. The maximum atomic E-state index is 11.9. The van der Waals surface area contributed by atoms with E-state index in [9.17, 15) is 8.42 Å². The van der Waals surface area contributed by atoms with Crippen molar-refractivity contribution in [3.05, 3.63) is 26.6 Å². The van der Waals surface area contributed by atoms with Gasteiger partial charge in [-0.15, -0.1) is 0 Å². The van der Waals surface area contributed by atoms with Crippen LogP contribution in [0.3, 0.4) is 0 Å². The van der Waals surface area contributed by atoms with Gasteiger partial charge in [-0.1, -0.05) is 22.9 Å². The second-order valence-electron chi connectivity index (χ2n) is 3.43. The van der Waals surface area contributed by atoms with Gasteiger partial charge in [0.1, 0.15) is 0 Å². The van der Waals surface area contributed by atoms with Crippen molar-refractivity contribution in [1.82, 2.24) is 4.72 Å². The van der Waals surface area contributed by atoms with Crippen LogP contribution in [0.1, 0.15) is 18.9 Å². The molecule has 0 aliphatic heterocycles. The highest BCUT2D eigenvalue weighted by Gasteiger charge is 2.17. The molecule has 0 heterocycles. The average molecular weight is 371 g/mol. The lowest BCUT2D eigenvalue weighted by molar-refractivity contribution is 0.580. The largest absolute Gasteiger partial charge is 0.241 e. The van der Waals surface area contributed by atoms with Crippen molar-refractivity contribution in [3.63, 3.8) is 0 Å². The molecule has 0 fully saturated rings. The van der Waals surface area contributed by atoms with Gasteiger partial charge in [0.15, 0.2) is 0 Å². The Labute approximate surface area is 113 Å². The van der Waals surface area contributed by atoms with Crippen molar-refractivity contribution < 1.29 is 8.42 Å². The summed E-state index contributed by atoms with van der Waals surface area (Å²) in [6.07, 6.45) is 0.770. The molecule has 0 aromatic heterocycles. The summed E-state index contributed by atoms with van der Waals surface area (Å²) in [4.78, 5) is 0.279. The minimum absolute atomic E-state index is 0.279. The van der Waals surface area contributed by atoms with E-state index in [0.29, 0.717) is 11.0 Å². The van der Waals surface area contributed by atoms with E-state index < -0.39 is 10.0 Å². The molecule has 0 bridgehead atoms. The summed E-state index contributed by atoms with van der Waals surface area (Å²) in [5.74, 6) is 0. The molecule has 0 spiro atoms. The van der Waals surface area contributed by atoms with E-state index in [4.69, 9.17) is 0 Å². The van der Waals surface area contributed by atoms with E-state index in [1.165, 1.54) is 0 Å². The molecule has 90 valence electrons. The molecule has 0 saturated carbocycles. The van der Waals surface area contributed by atoms with Gasteiger partial charge in [-0.3, -0.25) is 0 Å². The van der Waals surface area contributed by atoms with Gasteiger partial charge in [-0.05, 0) is 47.0 Å². The maximum Gasteiger partial charge on any atom is 0.241 e. The topological polar surface area (TPSA) is 46.2 Å². The Hall–Kier alpha value is 0.0900. The predicted octanol–water partition coefficient (Wildman–Crippen LogP) is 3.21. The molecule has 16 heavy (non-hydrogen) atoms. The molecule has 6 heteroatoms. The third kappa shape index (κ3) is 3.29. The summed E-state index contributed by atoms with van der Waals surface area (Å²) in [6.45, 7) is 4.23. The van der Waals surface area contributed by atoms with Crippen LogP contribution in [0.25, 0.3) is 0 Å². The Morgan fingerprint density at radius 2 is 1.88 bits per heavy atom. The van der Waals surface area contributed by atoms with Crippen LogP contribution < -0.4 is 4.72 Å². The lowest BCUT2D eigenvalue weighted by atomic mass is 10.2. The van der Waals surface area contributed by atoms with Gasteiger partial charge in [0.2, 0.25) is 10.0 Å².